The second-order valence-corrected chi connectivity index (χ2v) is 13.6. The number of benzene rings is 2. The van der Waals surface area contributed by atoms with Crippen LogP contribution in [0.1, 0.15) is 56.7 Å². The molecular formula is C38H49N3O5. The minimum absolute atomic E-state index is 0.144. The highest BCUT2D eigenvalue weighted by atomic mass is 16.5. The molecule has 3 saturated heterocycles. The van der Waals surface area contributed by atoms with E-state index in [-0.39, 0.29) is 36.8 Å². The van der Waals surface area contributed by atoms with Crippen LogP contribution in [-0.4, -0.2) is 75.6 Å². The molecule has 2 bridgehead atoms. The van der Waals surface area contributed by atoms with Gasteiger partial charge in [-0.2, -0.15) is 0 Å². The molecule has 0 aromatic heterocycles. The number of aliphatic hydroxyl groups is 1. The van der Waals surface area contributed by atoms with Crippen molar-refractivity contribution in [3.8, 4) is 0 Å². The Balaban J connectivity index is 1.65. The lowest BCUT2D eigenvalue weighted by Gasteiger charge is -2.41. The highest BCUT2D eigenvalue weighted by Gasteiger charge is 2.79. The van der Waals surface area contributed by atoms with Gasteiger partial charge >= 0.3 is 0 Å². The SMILES string of the molecule is C=CCN(Cc1ccccc1)C(=O)[C@@H]1[C@H]2C(=O)N([C@@H](CO)C(C)C)C(C(=O)N(CC=C)c3cc(C)ccc3C)C23CC[C@@]1(CC)O3. The second kappa shape index (κ2) is 13.2. The lowest BCUT2D eigenvalue weighted by Crippen LogP contribution is -2.60. The van der Waals surface area contributed by atoms with Crippen LogP contribution in [0, 0.1) is 31.6 Å². The van der Waals surface area contributed by atoms with Crippen LogP contribution in [0.25, 0.3) is 0 Å². The fraction of sp³-hybridized carbons (Fsp3) is 0.500. The van der Waals surface area contributed by atoms with Crippen molar-refractivity contribution in [3.05, 3.63) is 90.5 Å². The van der Waals surface area contributed by atoms with E-state index in [0.717, 1.165) is 22.4 Å². The molecule has 2 aromatic rings. The molecule has 8 nitrogen and oxygen atoms in total. The Kier molecular flexibility index (Phi) is 9.62. The van der Waals surface area contributed by atoms with Crippen molar-refractivity contribution in [1.29, 1.82) is 0 Å². The van der Waals surface area contributed by atoms with Crippen molar-refractivity contribution in [2.75, 3.05) is 24.6 Å². The summed E-state index contributed by atoms with van der Waals surface area (Å²) < 4.78 is 7.07. The molecule has 46 heavy (non-hydrogen) atoms. The smallest absolute Gasteiger partial charge is 0.253 e. The fourth-order valence-electron chi connectivity index (χ4n) is 8.27. The lowest BCUT2D eigenvalue weighted by molar-refractivity contribution is -0.154. The summed E-state index contributed by atoms with van der Waals surface area (Å²) in [6.45, 7) is 18.3. The molecule has 0 saturated carbocycles. The van der Waals surface area contributed by atoms with Gasteiger partial charge < -0.3 is 24.5 Å². The summed E-state index contributed by atoms with van der Waals surface area (Å²) in [5.74, 6) is -2.52. The van der Waals surface area contributed by atoms with Crippen LogP contribution in [0.5, 0.6) is 0 Å². The van der Waals surface area contributed by atoms with E-state index in [2.05, 4.69) is 13.2 Å². The molecule has 3 aliphatic rings. The third-order valence-electron chi connectivity index (χ3n) is 10.5. The number of likely N-dealkylation sites (tertiary alicyclic amines) is 1. The number of amides is 3. The standard InChI is InChI=1S/C38H49N3O5/c1-8-20-39(23-28-14-12-11-13-15-28)34(43)31-32-35(44)41(30(24-42)25(4)5)33(38(32)19-18-37(31,10-3)46-38)36(45)40(21-9-2)29-22-26(6)16-17-27(29)7/h8-9,11-17,22,25,30-33,42H,1-2,10,18-21,23-24H2,3-7H3/t30-,31-,32-,33?,37+,38?/m0/s1. The van der Waals surface area contributed by atoms with E-state index < -0.39 is 35.1 Å². The van der Waals surface area contributed by atoms with Crippen molar-refractivity contribution < 1.29 is 24.2 Å². The van der Waals surface area contributed by atoms with Crippen molar-refractivity contribution in [2.24, 2.45) is 17.8 Å². The number of hydrogen-bond acceptors (Lipinski definition) is 5. The fourth-order valence-corrected chi connectivity index (χ4v) is 8.27. The van der Waals surface area contributed by atoms with E-state index in [4.69, 9.17) is 4.74 Å². The average Bonchev–Trinajstić information content (AvgIpc) is 3.65. The molecule has 1 spiro atoms. The first-order chi connectivity index (χ1) is 22.0. The number of aryl methyl sites for hydroxylation is 2. The Morgan fingerprint density at radius 1 is 1.07 bits per heavy atom. The van der Waals surface area contributed by atoms with Gasteiger partial charge in [-0.3, -0.25) is 14.4 Å². The predicted molar refractivity (Wildman–Crippen MR) is 180 cm³/mol. The minimum Gasteiger partial charge on any atom is -0.394 e. The van der Waals surface area contributed by atoms with Crippen LogP contribution in [0.15, 0.2) is 73.8 Å². The van der Waals surface area contributed by atoms with Crippen molar-refractivity contribution in [2.45, 2.75) is 83.7 Å². The molecule has 0 aliphatic carbocycles. The molecule has 6 atom stereocenters. The first-order valence-electron chi connectivity index (χ1n) is 16.6. The van der Waals surface area contributed by atoms with Gasteiger partial charge in [-0.15, -0.1) is 13.2 Å². The Bertz CT molecular complexity index is 1490. The molecule has 0 radical (unpaired) electrons. The quantitative estimate of drug-likeness (QED) is 0.308. The van der Waals surface area contributed by atoms with E-state index in [1.807, 2.05) is 83.1 Å². The number of aliphatic hydroxyl groups excluding tert-OH is 1. The number of nitrogens with zero attached hydrogens (tertiary/aromatic N) is 3. The van der Waals surface area contributed by atoms with Gasteiger partial charge in [-0.25, -0.2) is 0 Å². The van der Waals surface area contributed by atoms with Crippen molar-refractivity contribution in [1.82, 2.24) is 9.80 Å². The third kappa shape index (κ3) is 5.39. The number of carbonyl (C=O) groups is 3. The molecule has 2 aromatic carbocycles. The lowest BCUT2D eigenvalue weighted by atomic mass is 9.64. The van der Waals surface area contributed by atoms with Gasteiger partial charge in [0.25, 0.3) is 5.91 Å². The number of carbonyl (C=O) groups excluding carboxylic acids is 3. The third-order valence-corrected chi connectivity index (χ3v) is 10.5. The minimum atomic E-state index is -1.21. The van der Waals surface area contributed by atoms with Crippen LogP contribution in [0.3, 0.4) is 0 Å². The zero-order valence-corrected chi connectivity index (χ0v) is 27.9. The van der Waals surface area contributed by atoms with Crippen molar-refractivity contribution >= 4 is 23.4 Å². The molecule has 3 fully saturated rings. The Morgan fingerprint density at radius 2 is 1.76 bits per heavy atom. The summed E-state index contributed by atoms with van der Waals surface area (Å²) in [6.07, 6.45) is 4.95. The highest BCUT2D eigenvalue weighted by molar-refractivity contribution is 6.05. The van der Waals surface area contributed by atoms with Crippen LogP contribution in [-0.2, 0) is 25.7 Å². The maximum absolute atomic E-state index is 15.1. The monoisotopic (exact) mass is 627 g/mol. The van der Waals surface area contributed by atoms with Gasteiger partial charge in [0, 0.05) is 25.3 Å². The van der Waals surface area contributed by atoms with Gasteiger partial charge in [-0.05, 0) is 61.8 Å². The normalized spacial score (nSPS) is 27.1. The van der Waals surface area contributed by atoms with E-state index >= 15 is 4.79 Å². The van der Waals surface area contributed by atoms with Gasteiger partial charge in [0.05, 0.1) is 30.1 Å². The Labute approximate surface area is 273 Å². The number of hydrogen-bond donors (Lipinski definition) is 1. The van der Waals surface area contributed by atoms with Crippen LogP contribution < -0.4 is 4.90 Å². The van der Waals surface area contributed by atoms with Gasteiger partial charge in [-0.1, -0.05) is 75.4 Å². The molecule has 5 rings (SSSR count). The summed E-state index contributed by atoms with van der Waals surface area (Å²) in [6, 6.07) is 14.1. The van der Waals surface area contributed by atoms with Crippen LogP contribution in [0.4, 0.5) is 5.69 Å². The summed E-state index contributed by atoms with van der Waals surface area (Å²) in [7, 11) is 0. The molecule has 1 N–H and O–H groups in total. The first kappa shape index (κ1) is 33.6. The topological polar surface area (TPSA) is 90.4 Å². The van der Waals surface area contributed by atoms with E-state index in [0.29, 0.717) is 32.4 Å². The number of anilines is 1. The zero-order chi connectivity index (χ0) is 33.4. The summed E-state index contributed by atoms with van der Waals surface area (Å²) in [4.78, 5) is 49.7. The van der Waals surface area contributed by atoms with Gasteiger partial charge in [0.2, 0.25) is 11.8 Å². The molecule has 3 aliphatic heterocycles. The van der Waals surface area contributed by atoms with E-state index in [1.165, 1.54) is 0 Å². The van der Waals surface area contributed by atoms with Gasteiger partial charge in [0.15, 0.2) is 0 Å². The van der Waals surface area contributed by atoms with E-state index in [1.54, 1.807) is 26.9 Å². The Morgan fingerprint density at radius 3 is 2.37 bits per heavy atom. The molecule has 3 amide bonds. The first-order valence-corrected chi connectivity index (χ1v) is 16.6. The molecular weight excluding hydrogens is 578 g/mol. The van der Waals surface area contributed by atoms with Crippen LogP contribution in [0.2, 0.25) is 0 Å². The number of fused-ring (bicyclic) bond motifs is 1. The molecule has 2 unspecified atom stereocenters. The summed E-state index contributed by atoms with van der Waals surface area (Å²) in [5, 5.41) is 10.7. The largest absolute Gasteiger partial charge is 0.394 e. The highest BCUT2D eigenvalue weighted by Crippen LogP contribution is 2.65. The predicted octanol–water partition coefficient (Wildman–Crippen LogP) is 5.21. The molecule has 3 heterocycles. The van der Waals surface area contributed by atoms with Crippen molar-refractivity contribution in [3.63, 3.8) is 0 Å². The molecule has 246 valence electrons. The molecule has 8 heteroatoms. The second-order valence-electron chi connectivity index (χ2n) is 13.6. The summed E-state index contributed by atoms with van der Waals surface area (Å²) in [5.41, 5.74) is 1.55. The Hall–Kier alpha value is -3.75. The average molecular weight is 628 g/mol. The summed E-state index contributed by atoms with van der Waals surface area (Å²) >= 11 is 0. The number of ether oxygens (including phenoxy) is 1. The maximum atomic E-state index is 15.1. The van der Waals surface area contributed by atoms with E-state index in [9.17, 15) is 14.7 Å². The zero-order valence-electron chi connectivity index (χ0n) is 27.9. The van der Waals surface area contributed by atoms with Crippen LogP contribution >= 0.6 is 0 Å². The number of rotatable bonds is 13. The maximum Gasteiger partial charge on any atom is 0.253 e. The van der Waals surface area contributed by atoms with Gasteiger partial charge in [0.1, 0.15) is 11.6 Å².